The van der Waals surface area contributed by atoms with Gasteiger partial charge in [-0.25, -0.2) is 0 Å². The van der Waals surface area contributed by atoms with Gasteiger partial charge in [-0.1, -0.05) is 42.6 Å². The lowest BCUT2D eigenvalue weighted by atomic mass is 9.97. The summed E-state index contributed by atoms with van der Waals surface area (Å²) in [6, 6.07) is 7.41. The summed E-state index contributed by atoms with van der Waals surface area (Å²) in [5.41, 5.74) is -0.0269. The van der Waals surface area contributed by atoms with E-state index >= 15 is 0 Å². The third-order valence-electron chi connectivity index (χ3n) is 3.57. The first-order chi connectivity index (χ1) is 11.1. The molecule has 0 bridgehead atoms. The quantitative estimate of drug-likeness (QED) is 0.557. The van der Waals surface area contributed by atoms with Crippen LogP contribution in [0.2, 0.25) is 0 Å². The van der Waals surface area contributed by atoms with E-state index in [1.807, 2.05) is 38.1 Å². The molecule has 1 amide bonds. The first-order valence-corrected chi connectivity index (χ1v) is 9.42. The fourth-order valence-electron chi connectivity index (χ4n) is 2.15. The van der Waals surface area contributed by atoms with E-state index in [9.17, 15) is 4.79 Å². The summed E-state index contributed by atoms with van der Waals surface area (Å²) in [7, 11) is 0. The maximum atomic E-state index is 12.6. The molecule has 1 atom stereocenters. The Kier molecular flexibility index (Phi) is 9.26. The topological polar surface area (TPSA) is 47.6 Å². The number of nitrogens with one attached hydrogen (secondary N) is 1. The van der Waals surface area contributed by atoms with Crippen LogP contribution in [0.5, 0.6) is 5.75 Å². The molecule has 0 spiro atoms. The van der Waals surface area contributed by atoms with E-state index in [-0.39, 0.29) is 5.91 Å². The molecule has 1 rings (SSSR count). The van der Waals surface area contributed by atoms with Crippen molar-refractivity contribution < 1.29 is 14.3 Å². The minimum Gasteiger partial charge on any atom is -0.493 e. The molecular formula is C18H28BrNO3. The van der Waals surface area contributed by atoms with Gasteiger partial charge in [0.15, 0.2) is 0 Å². The summed E-state index contributed by atoms with van der Waals surface area (Å²) in [5, 5.41) is 3.74. The molecule has 4 nitrogen and oxygen atoms in total. The fourth-order valence-corrected chi connectivity index (χ4v) is 2.31. The number of hydrogen-bond acceptors (Lipinski definition) is 3. The molecule has 0 radical (unpaired) electrons. The lowest BCUT2D eigenvalue weighted by Crippen LogP contribution is -2.43. The Morgan fingerprint density at radius 1 is 1.17 bits per heavy atom. The SMILES string of the molecule is CCCCC(C)(OCCC)C(=O)Nc1ccc(OCCBr)cc1. The maximum absolute atomic E-state index is 12.6. The Hall–Kier alpha value is -1.07. The van der Waals surface area contributed by atoms with Crippen molar-refractivity contribution in [2.24, 2.45) is 0 Å². The predicted octanol–water partition coefficient (Wildman–Crippen LogP) is 4.77. The number of carbonyl (C=O) groups is 1. The van der Waals surface area contributed by atoms with Crippen LogP contribution in [0.15, 0.2) is 24.3 Å². The number of amides is 1. The average Bonchev–Trinajstić information content (AvgIpc) is 2.57. The molecule has 0 aliphatic carbocycles. The number of hydrogen-bond donors (Lipinski definition) is 1. The van der Waals surface area contributed by atoms with Gasteiger partial charge >= 0.3 is 0 Å². The van der Waals surface area contributed by atoms with E-state index in [2.05, 4.69) is 28.2 Å². The Bertz CT molecular complexity index is 454. The van der Waals surface area contributed by atoms with Gasteiger partial charge in [-0.05, 0) is 44.0 Å². The predicted molar refractivity (Wildman–Crippen MR) is 98.5 cm³/mol. The lowest BCUT2D eigenvalue weighted by Gasteiger charge is -2.28. The van der Waals surface area contributed by atoms with Gasteiger partial charge in [0.25, 0.3) is 5.91 Å². The molecule has 1 unspecified atom stereocenters. The number of rotatable bonds is 11. The summed E-state index contributed by atoms with van der Waals surface area (Å²) in [4.78, 5) is 12.6. The molecule has 0 aliphatic rings. The first-order valence-electron chi connectivity index (χ1n) is 8.30. The summed E-state index contributed by atoms with van der Waals surface area (Å²) in [5.74, 6) is 0.701. The van der Waals surface area contributed by atoms with Gasteiger partial charge in [0, 0.05) is 17.6 Å². The van der Waals surface area contributed by atoms with E-state index in [4.69, 9.17) is 9.47 Å². The highest BCUT2D eigenvalue weighted by molar-refractivity contribution is 9.09. The van der Waals surface area contributed by atoms with Crippen molar-refractivity contribution in [2.75, 3.05) is 23.9 Å². The molecule has 0 heterocycles. The molecule has 0 aliphatic heterocycles. The van der Waals surface area contributed by atoms with Gasteiger partial charge in [0.1, 0.15) is 11.4 Å². The highest BCUT2D eigenvalue weighted by atomic mass is 79.9. The van der Waals surface area contributed by atoms with Crippen LogP contribution >= 0.6 is 15.9 Å². The standard InChI is InChI=1S/C18H28BrNO3/c1-4-6-11-18(3,23-13-5-2)17(21)20-15-7-9-16(10-8-15)22-14-12-19/h7-10H,4-6,11-14H2,1-3H3,(H,20,21). The highest BCUT2D eigenvalue weighted by Crippen LogP contribution is 2.23. The first kappa shape index (κ1) is 20.0. The van der Waals surface area contributed by atoms with Crippen molar-refractivity contribution in [3.63, 3.8) is 0 Å². The summed E-state index contributed by atoms with van der Waals surface area (Å²) in [6.45, 7) is 7.24. The fraction of sp³-hybridized carbons (Fsp3) is 0.611. The minimum atomic E-state index is -0.781. The normalized spacial score (nSPS) is 13.4. The van der Waals surface area contributed by atoms with Crippen LogP contribution in [0.1, 0.15) is 46.5 Å². The zero-order chi connectivity index (χ0) is 17.1. The van der Waals surface area contributed by atoms with Gasteiger partial charge in [-0.3, -0.25) is 4.79 Å². The second-order valence-corrected chi connectivity index (χ2v) is 6.49. The second kappa shape index (κ2) is 10.7. The molecule has 0 saturated heterocycles. The number of halogens is 1. The molecule has 1 aromatic carbocycles. The van der Waals surface area contributed by atoms with Crippen molar-refractivity contribution in [1.29, 1.82) is 0 Å². The lowest BCUT2D eigenvalue weighted by molar-refractivity contribution is -0.140. The number of ether oxygens (including phenoxy) is 2. The molecular weight excluding hydrogens is 358 g/mol. The minimum absolute atomic E-state index is 0.0893. The Labute approximate surface area is 148 Å². The smallest absolute Gasteiger partial charge is 0.256 e. The zero-order valence-electron chi connectivity index (χ0n) is 14.4. The van der Waals surface area contributed by atoms with E-state index in [1.54, 1.807) is 0 Å². The van der Waals surface area contributed by atoms with Gasteiger partial charge in [0.2, 0.25) is 0 Å². The van der Waals surface area contributed by atoms with Crippen LogP contribution in [0.4, 0.5) is 5.69 Å². The van der Waals surface area contributed by atoms with Crippen molar-refractivity contribution in [3.8, 4) is 5.75 Å². The van der Waals surface area contributed by atoms with E-state index < -0.39 is 5.60 Å². The summed E-state index contributed by atoms with van der Waals surface area (Å²) < 4.78 is 11.4. The third-order valence-corrected chi connectivity index (χ3v) is 3.89. The highest BCUT2D eigenvalue weighted by Gasteiger charge is 2.33. The molecule has 0 fully saturated rings. The molecule has 23 heavy (non-hydrogen) atoms. The van der Waals surface area contributed by atoms with Crippen LogP contribution in [-0.2, 0) is 9.53 Å². The molecule has 5 heteroatoms. The van der Waals surface area contributed by atoms with E-state index in [1.165, 1.54) is 0 Å². The zero-order valence-corrected chi connectivity index (χ0v) is 15.9. The van der Waals surface area contributed by atoms with Crippen molar-refractivity contribution >= 4 is 27.5 Å². The Balaban J connectivity index is 2.69. The van der Waals surface area contributed by atoms with Crippen LogP contribution in [0.25, 0.3) is 0 Å². The Morgan fingerprint density at radius 3 is 2.43 bits per heavy atom. The number of anilines is 1. The van der Waals surface area contributed by atoms with Gasteiger partial charge < -0.3 is 14.8 Å². The van der Waals surface area contributed by atoms with Crippen molar-refractivity contribution in [1.82, 2.24) is 0 Å². The van der Waals surface area contributed by atoms with Crippen LogP contribution in [-0.4, -0.2) is 30.1 Å². The third kappa shape index (κ3) is 6.92. The monoisotopic (exact) mass is 385 g/mol. The number of benzene rings is 1. The number of carbonyl (C=O) groups excluding carboxylic acids is 1. The van der Waals surface area contributed by atoms with Crippen LogP contribution < -0.4 is 10.1 Å². The van der Waals surface area contributed by atoms with Gasteiger partial charge in [-0.2, -0.15) is 0 Å². The van der Waals surface area contributed by atoms with Crippen LogP contribution in [0.3, 0.4) is 0 Å². The maximum Gasteiger partial charge on any atom is 0.256 e. The van der Waals surface area contributed by atoms with Crippen molar-refractivity contribution in [2.45, 2.75) is 52.1 Å². The molecule has 1 N–H and O–H groups in total. The van der Waals surface area contributed by atoms with E-state index in [0.717, 1.165) is 42.5 Å². The van der Waals surface area contributed by atoms with E-state index in [0.29, 0.717) is 13.2 Å². The second-order valence-electron chi connectivity index (χ2n) is 5.70. The summed E-state index contributed by atoms with van der Waals surface area (Å²) >= 11 is 3.32. The molecule has 0 saturated carbocycles. The molecule has 130 valence electrons. The molecule has 1 aromatic rings. The average molecular weight is 386 g/mol. The van der Waals surface area contributed by atoms with Gasteiger partial charge in [0.05, 0.1) is 6.61 Å². The largest absolute Gasteiger partial charge is 0.493 e. The number of unbranched alkanes of at least 4 members (excludes halogenated alkanes) is 1. The molecule has 0 aromatic heterocycles. The number of alkyl halides is 1. The van der Waals surface area contributed by atoms with Gasteiger partial charge in [-0.15, -0.1) is 0 Å². The van der Waals surface area contributed by atoms with Crippen LogP contribution in [0, 0.1) is 0 Å². The van der Waals surface area contributed by atoms with Crippen molar-refractivity contribution in [3.05, 3.63) is 24.3 Å². The summed E-state index contributed by atoms with van der Waals surface area (Å²) in [6.07, 6.45) is 3.63. The Morgan fingerprint density at radius 2 is 1.87 bits per heavy atom.